The lowest BCUT2D eigenvalue weighted by Gasteiger charge is -2.22. The third-order valence-corrected chi connectivity index (χ3v) is 4.56. The predicted molar refractivity (Wildman–Crippen MR) is 90.4 cm³/mol. The van der Waals surface area contributed by atoms with Gasteiger partial charge >= 0.3 is 5.69 Å². The molecule has 0 spiro atoms. The van der Waals surface area contributed by atoms with E-state index in [1.165, 1.54) is 10.9 Å². The molecule has 130 valence electrons. The quantitative estimate of drug-likeness (QED) is 0.548. The zero-order valence-corrected chi connectivity index (χ0v) is 15.5. The van der Waals surface area contributed by atoms with Crippen LogP contribution in [-0.2, 0) is 17.9 Å². The van der Waals surface area contributed by atoms with Crippen molar-refractivity contribution >= 4 is 27.5 Å². The summed E-state index contributed by atoms with van der Waals surface area (Å²) in [7, 11) is 1.69. The number of carbonyl (C=O) groups excluding carboxylic acids is 1. The highest BCUT2D eigenvalue weighted by Crippen LogP contribution is 2.22. The summed E-state index contributed by atoms with van der Waals surface area (Å²) in [6.45, 7) is 6.30. The Balaban J connectivity index is 2.18. The molecule has 0 aliphatic heterocycles. The molecule has 1 amide bonds. The predicted octanol–water partition coefficient (Wildman–Crippen LogP) is 2.30. The van der Waals surface area contributed by atoms with Crippen LogP contribution in [0.15, 0.2) is 16.9 Å². The fraction of sp³-hybridized carbons (Fsp3) is 0.500. The Morgan fingerprint density at radius 1 is 1.46 bits per heavy atom. The number of likely N-dealkylation sites (N-methyl/N-ethyl adjacent to an activating group) is 1. The number of amides is 1. The maximum absolute atomic E-state index is 12.7. The minimum absolute atomic E-state index is 0.0934. The van der Waals surface area contributed by atoms with E-state index in [-0.39, 0.29) is 11.6 Å². The molecule has 0 aliphatic carbocycles. The van der Waals surface area contributed by atoms with Crippen LogP contribution in [0.2, 0.25) is 0 Å². The molecule has 9 nitrogen and oxygen atoms in total. The molecule has 0 aliphatic rings. The third kappa shape index (κ3) is 3.32. The summed E-state index contributed by atoms with van der Waals surface area (Å²) in [6.07, 6.45) is 2.86. The van der Waals surface area contributed by atoms with Crippen LogP contribution in [-0.4, -0.2) is 42.3 Å². The van der Waals surface area contributed by atoms with Gasteiger partial charge < -0.3 is 4.90 Å². The van der Waals surface area contributed by atoms with Crippen molar-refractivity contribution in [3.63, 3.8) is 0 Å². The van der Waals surface area contributed by atoms with Crippen molar-refractivity contribution in [3.8, 4) is 0 Å². The second kappa shape index (κ2) is 7.12. The molecule has 0 bridgehead atoms. The number of aromatic nitrogens is 4. The highest BCUT2D eigenvalue weighted by atomic mass is 79.9. The first-order chi connectivity index (χ1) is 11.3. The summed E-state index contributed by atoms with van der Waals surface area (Å²) in [5, 5.41) is 19.1. The smallest absolute Gasteiger partial charge is 0.309 e. The first kappa shape index (κ1) is 18.1. The van der Waals surface area contributed by atoms with Crippen LogP contribution in [0.5, 0.6) is 0 Å². The van der Waals surface area contributed by atoms with Crippen molar-refractivity contribution in [2.24, 2.45) is 0 Å². The number of rotatable bonds is 6. The number of nitrogens with zero attached hydrogens (tertiary/aromatic N) is 6. The summed E-state index contributed by atoms with van der Waals surface area (Å²) in [5.74, 6) is -0.188. The molecular weight excluding hydrogens is 380 g/mol. The maximum Gasteiger partial charge on any atom is 0.309 e. The van der Waals surface area contributed by atoms with Gasteiger partial charge in [0.15, 0.2) is 0 Å². The molecular formula is C14H19BrN6O3. The van der Waals surface area contributed by atoms with Crippen LogP contribution in [0.4, 0.5) is 5.69 Å². The number of halogens is 1. The van der Waals surface area contributed by atoms with Gasteiger partial charge in [0.1, 0.15) is 17.9 Å². The lowest BCUT2D eigenvalue weighted by atomic mass is 10.2. The number of aryl methyl sites for hydroxylation is 1. The normalized spacial score (nSPS) is 12.2. The molecule has 0 aromatic carbocycles. The van der Waals surface area contributed by atoms with Gasteiger partial charge in [-0.1, -0.05) is 0 Å². The molecule has 0 radical (unpaired) electrons. The average molecular weight is 399 g/mol. The van der Waals surface area contributed by atoms with Crippen molar-refractivity contribution in [3.05, 3.63) is 38.4 Å². The van der Waals surface area contributed by atoms with E-state index in [1.54, 1.807) is 32.0 Å². The highest BCUT2D eigenvalue weighted by molar-refractivity contribution is 9.10. The Hall–Kier alpha value is -2.23. The molecule has 2 aromatic rings. The number of carbonyl (C=O) groups is 1. The Morgan fingerprint density at radius 2 is 2.12 bits per heavy atom. The zero-order chi connectivity index (χ0) is 18.0. The Morgan fingerprint density at radius 3 is 2.67 bits per heavy atom. The maximum atomic E-state index is 12.7. The van der Waals surface area contributed by atoms with Crippen LogP contribution in [0.3, 0.4) is 0 Å². The summed E-state index contributed by atoms with van der Waals surface area (Å²) >= 11 is 3.43. The fourth-order valence-electron chi connectivity index (χ4n) is 2.53. The van der Waals surface area contributed by atoms with E-state index in [1.807, 2.05) is 11.6 Å². The van der Waals surface area contributed by atoms with Gasteiger partial charge in [-0.3, -0.25) is 24.3 Å². The van der Waals surface area contributed by atoms with E-state index in [0.717, 1.165) is 10.2 Å². The molecule has 10 heteroatoms. The van der Waals surface area contributed by atoms with Crippen LogP contribution in [0, 0.1) is 17.0 Å². The SMILES string of the molecule is CCn1ncc(Br)c1CN(C)C(=O)C(C)n1ncc([N+](=O)[O-])c1C. The monoisotopic (exact) mass is 398 g/mol. The topological polar surface area (TPSA) is 99.1 Å². The standard InChI is InChI=1S/C14H19BrN6O3/c1-5-19-13(11(15)6-16-19)8-18(4)14(22)10(3)20-9(2)12(7-17-20)21(23)24/h6-7,10H,5,8H2,1-4H3. The molecule has 1 unspecified atom stereocenters. The number of hydrogen-bond donors (Lipinski definition) is 0. The molecule has 2 aromatic heterocycles. The summed E-state index contributed by atoms with van der Waals surface area (Å²) in [5.41, 5.74) is 1.15. The molecule has 0 N–H and O–H groups in total. The first-order valence-electron chi connectivity index (χ1n) is 7.41. The second-order valence-electron chi connectivity index (χ2n) is 5.44. The zero-order valence-electron chi connectivity index (χ0n) is 13.9. The van der Waals surface area contributed by atoms with E-state index < -0.39 is 11.0 Å². The van der Waals surface area contributed by atoms with Gasteiger partial charge in [-0.05, 0) is 36.7 Å². The van der Waals surface area contributed by atoms with E-state index in [9.17, 15) is 14.9 Å². The van der Waals surface area contributed by atoms with Crippen molar-refractivity contribution in [1.29, 1.82) is 0 Å². The summed E-state index contributed by atoms with van der Waals surface area (Å²) < 4.78 is 4.02. The summed E-state index contributed by atoms with van der Waals surface area (Å²) in [4.78, 5) is 24.6. The molecule has 1 atom stereocenters. The molecule has 0 saturated carbocycles. The van der Waals surface area contributed by atoms with Gasteiger partial charge in [-0.15, -0.1) is 0 Å². The largest absolute Gasteiger partial charge is 0.338 e. The minimum atomic E-state index is -0.638. The first-order valence-corrected chi connectivity index (χ1v) is 8.20. The van der Waals surface area contributed by atoms with E-state index >= 15 is 0 Å². The van der Waals surface area contributed by atoms with Crippen molar-refractivity contribution in [2.45, 2.75) is 39.9 Å². The van der Waals surface area contributed by atoms with Crippen LogP contribution >= 0.6 is 15.9 Å². The van der Waals surface area contributed by atoms with Crippen molar-refractivity contribution in [1.82, 2.24) is 24.5 Å². The van der Waals surface area contributed by atoms with Gasteiger partial charge in [-0.25, -0.2) is 0 Å². The van der Waals surface area contributed by atoms with Gasteiger partial charge in [0.2, 0.25) is 5.91 Å². The van der Waals surface area contributed by atoms with Gasteiger partial charge in [0, 0.05) is 13.6 Å². The van der Waals surface area contributed by atoms with Gasteiger partial charge in [0.05, 0.1) is 27.8 Å². The van der Waals surface area contributed by atoms with E-state index in [0.29, 0.717) is 18.8 Å². The second-order valence-corrected chi connectivity index (χ2v) is 6.30. The molecule has 2 rings (SSSR count). The van der Waals surface area contributed by atoms with Crippen LogP contribution in [0.25, 0.3) is 0 Å². The lowest BCUT2D eigenvalue weighted by molar-refractivity contribution is -0.385. The van der Waals surface area contributed by atoms with Gasteiger partial charge in [-0.2, -0.15) is 10.2 Å². The number of hydrogen-bond acceptors (Lipinski definition) is 5. The highest BCUT2D eigenvalue weighted by Gasteiger charge is 2.26. The fourth-order valence-corrected chi connectivity index (χ4v) is 2.95. The van der Waals surface area contributed by atoms with Crippen molar-refractivity contribution in [2.75, 3.05) is 7.05 Å². The third-order valence-electron chi connectivity index (χ3n) is 3.90. The van der Waals surface area contributed by atoms with E-state index in [2.05, 4.69) is 26.1 Å². The lowest BCUT2D eigenvalue weighted by Crippen LogP contribution is -2.34. The van der Waals surface area contributed by atoms with Crippen LogP contribution < -0.4 is 0 Å². The Kier molecular flexibility index (Phi) is 5.37. The summed E-state index contributed by atoms with van der Waals surface area (Å²) in [6, 6.07) is -0.638. The van der Waals surface area contributed by atoms with E-state index in [4.69, 9.17) is 0 Å². The Labute approximate surface area is 147 Å². The minimum Gasteiger partial charge on any atom is -0.338 e. The average Bonchev–Trinajstić information content (AvgIpc) is 3.09. The molecule has 2 heterocycles. The van der Waals surface area contributed by atoms with Gasteiger partial charge in [0.25, 0.3) is 0 Å². The molecule has 0 saturated heterocycles. The van der Waals surface area contributed by atoms with Crippen LogP contribution in [0.1, 0.15) is 31.3 Å². The van der Waals surface area contributed by atoms with Crippen molar-refractivity contribution < 1.29 is 9.72 Å². The molecule has 0 fully saturated rings. The number of nitro groups is 1. The molecule has 24 heavy (non-hydrogen) atoms. The Bertz CT molecular complexity index is 769.